The van der Waals surface area contributed by atoms with E-state index < -0.39 is 0 Å². The Balaban J connectivity index is 2.49. The molecule has 2 heterocycles. The number of rotatable bonds is 2. The molecule has 1 unspecified atom stereocenters. The molecular weight excluding hydrogens is 202 g/mol. The van der Waals surface area contributed by atoms with Crippen LogP contribution >= 0.6 is 0 Å². The minimum atomic E-state index is -0.225. The fourth-order valence-corrected chi connectivity index (χ4v) is 2.07. The van der Waals surface area contributed by atoms with Gasteiger partial charge < -0.3 is 14.7 Å². The molecule has 0 aliphatic heterocycles. The molecule has 0 aliphatic rings. The average Bonchev–Trinajstić information content (AvgIpc) is 2.73. The molecule has 2 aromatic heterocycles. The molecule has 0 spiro atoms. The maximum absolute atomic E-state index is 6.23. The number of aryl methyl sites for hydroxylation is 3. The predicted molar refractivity (Wildman–Crippen MR) is 62.2 cm³/mol. The molecule has 0 fully saturated rings. The van der Waals surface area contributed by atoms with E-state index in [2.05, 4.69) is 4.98 Å². The first-order chi connectivity index (χ1) is 7.52. The molecule has 0 bridgehead atoms. The predicted octanol–water partition coefficient (Wildman–Crippen LogP) is 1.99. The Morgan fingerprint density at radius 2 is 2.00 bits per heavy atom. The Bertz CT molecular complexity index is 510. The van der Waals surface area contributed by atoms with Gasteiger partial charge in [-0.25, -0.2) is 4.98 Å². The van der Waals surface area contributed by atoms with Crippen LogP contribution in [-0.4, -0.2) is 9.55 Å². The SMILES string of the molecule is Cc1oc(C)c(C(N)c2nccn2C)c1C. The fourth-order valence-electron chi connectivity index (χ4n) is 2.07. The zero-order chi connectivity index (χ0) is 11.9. The number of aromatic nitrogens is 2. The summed E-state index contributed by atoms with van der Waals surface area (Å²) in [6, 6.07) is -0.225. The Morgan fingerprint density at radius 1 is 1.31 bits per heavy atom. The second-order valence-corrected chi connectivity index (χ2v) is 4.13. The van der Waals surface area contributed by atoms with E-state index >= 15 is 0 Å². The van der Waals surface area contributed by atoms with Crippen LogP contribution in [0.1, 0.15) is 34.5 Å². The summed E-state index contributed by atoms with van der Waals surface area (Å²) in [5.41, 5.74) is 8.40. The highest BCUT2D eigenvalue weighted by atomic mass is 16.3. The van der Waals surface area contributed by atoms with Crippen molar-refractivity contribution in [2.75, 3.05) is 0 Å². The van der Waals surface area contributed by atoms with Gasteiger partial charge in [0.1, 0.15) is 17.3 Å². The van der Waals surface area contributed by atoms with Gasteiger partial charge in [-0.1, -0.05) is 0 Å². The second-order valence-electron chi connectivity index (χ2n) is 4.13. The summed E-state index contributed by atoms with van der Waals surface area (Å²) < 4.78 is 7.52. The van der Waals surface area contributed by atoms with Crippen LogP contribution in [-0.2, 0) is 7.05 Å². The van der Waals surface area contributed by atoms with Gasteiger partial charge in [-0.05, 0) is 26.3 Å². The first kappa shape index (κ1) is 11.0. The summed E-state index contributed by atoms with van der Waals surface area (Å²) in [5, 5.41) is 0. The van der Waals surface area contributed by atoms with E-state index in [0.717, 1.165) is 28.5 Å². The second kappa shape index (κ2) is 3.79. The molecule has 0 saturated carbocycles. The first-order valence-corrected chi connectivity index (χ1v) is 5.31. The first-order valence-electron chi connectivity index (χ1n) is 5.31. The van der Waals surface area contributed by atoms with Crippen molar-refractivity contribution in [3.05, 3.63) is 40.9 Å². The van der Waals surface area contributed by atoms with Crippen LogP contribution < -0.4 is 5.73 Å². The molecule has 2 N–H and O–H groups in total. The van der Waals surface area contributed by atoms with Crippen LogP contribution in [0, 0.1) is 20.8 Å². The van der Waals surface area contributed by atoms with Crippen molar-refractivity contribution in [3.63, 3.8) is 0 Å². The van der Waals surface area contributed by atoms with E-state index in [1.54, 1.807) is 6.20 Å². The zero-order valence-electron chi connectivity index (χ0n) is 10.1. The van der Waals surface area contributed by atoms with E-state index in [0.29, 0.717) is 0 Å². The van der Waals surface area contributed by atoms with Crippen LogP contribution in [0.3, 0.4) is 0 Å². The highest BCUT2D eigenvalue weighted by Crippen LogP contribution is 2.28. The van der Waals surface area contributed by atoms with Crippen LogP contribution in [0.4, 0.5) is 0 Å². The normalized spacial score (nSPS) is 13.1. The number of nitrogens with zero attached hydrogens (tertiary/aromatic N) is 2. The lowest BCUT2D eigenvalue weighted by molar-refractivity contribution is 0.497. The Morgan fingerprint density at radius 3 is 2.44 bits per heavy atom. The number of hydrogen-bond donors (Lipinski definition) is 1. The van der Waals surface area contributed by atoms with Crippen LogP contribution in [0.5, 0.6) is 0 Å². The molecule has 0 aromatic carbocycles. The quantitative estimate of drug-likeness (QED) is 0.840. The van der Waals surface area contributed by atoms with Crippen molar-refractivity contribution in [2.45, 2.75) is 26.8 Å². The van der Waals surface area contributed by atoms with E-state index in [9.17, 15) is 0 Å². The van der Waals surface area contributed by atoms with Gasteiger partial charge in [0.25, 0.3) is 0 Å². The summed E-state index contributed by atoms with van der Waals surface area (Å²) >= 11 is 0. The molecule has 4 nitrogen and oxygen atoms in total. The van der Waals surface area contributed by atoms with Gasteiger partial charge in [0.05, 0.1) is 6.04 Å². The third-order valence-corrected chi connectivity index (χ3v) is 3.07. The summed E-state index contributed by atoms with van der Waals surface area (Å²) in [6.45, 7) is 5.93. The summed E-state index contributed by atoms with van der Waals surface area (Å²) in [4.78, 5) is 4.28. The van der Waals surface area contributed by atoms with Gasteiger partial charge >= 0.3 is 0 Å². The topological polar surface area (TPSA) is 57.0 Å². The molecule has 86 valence electrons. The Kier molecular flexibility index (Phi) is 2.59. The van der Waals surface area contributed by atoms with Gasteiger partial charge in [0.2, 0.25) is 0 Å². The van der Waals surface area contributed by atoms with Gasteiger partial charge in [0.15, 0.2) is 0 Å². The standard InChI is InChI=1S/C12H17N3O/c1-7-8(2)16-9(3)10(7)11(13)12-14-5-6-15(12)4/h5-6,11H,13H2,1-4H3. The summed E-state index contributed by atoms with van der Waals surface area (Å²) in [7, 11) is 1.94. The maximum Gasteiger partial charge on any atom is 0.130 e. The van der Waals surface area contributed by atoms with Crippen molar-refractivity contribution < 1.29 is 4.42 Å². The van der Waals surface area contributed by atoms with Crippen molar-refractivity contribution >= 4 is 0 Å². The minimum absolute atomic E-state index is 0.225. The fraction of sp³-hybridized carbons (Fsp3) is 0.417. The number of nitrogens with two attached hydrogens (primary N) is 1. The van der Waals surface area contributed by atoms with E-state index in [1.165, 1.54) is 0 Å². The average molecular weight is 219 g/mol. The zero-order valence-corrected chi connectivity index (χ0v) is 10.1. The van der Waals surface area contributed by atoms with Crippen molar-refractivity contribution in [1.82, 2.24) is 9.55 Å². The van der Waals surface area contributed by atoms with Crippen molar-refractivity contribution in [3.8, 4) is 0 Å². The van der Waals surface area contributed by atoms with E-state index in [1.807, 2.05) is 38.6 Å². The summed E-state index contributed by atoms with van der Waals surface area (Å²) in [5.74, 6) is 2.66. The molecule has 1 atom stereocenters. The van der Waals surface area contributed by atoms with Crippen LogP contribution in [0.2, 0.25) is 0 Å². The third-order valence-electron chi connectivity index (χ3n) is 3.07. The van der Waals surface area contributed by atoms with Gasteiger partial charge in [-0.15, -0.1) is 0 Å². The molecule has 2 rings (SSSR count). The van der Waals surface area contributed by atoms with Gasteiger partial charge in [-0.3, -0.25) is 0 Å². The van der Waals surface area contributed by atoms with E-state index in [4.69, 9.17) is 10.2 Å². The maximum atomic E-state index is 6.23. The van der Waals surface area contributed by atoms with Crippen LogP contribution in [0.25, 0.3) is 0 Å². The van der Waals surface area contributed by atoms with Crippen molar-refractivity contribution in [2.24, 2.45) is 12.8 Å². The van der Waals surface area contributed by atoms with Gasteiger partial charge in [0, 0.05) is 25.0 Å². The van der Waals surface area contributed by atoms with E-state index in [-0.39, 0.29) is 6.04 Å². The highest BCUT2D eigenvalue weighted by Gasteiger charge is 2.21. The lowest BCUT2D eigenvalue weighted by atomic mass is 10.0. The minimum Gasteiger partial charge on any atom is -0.466 e. The lowest BCUT2D eigenvalue weighted by Crippen LogP contribution is -2.17. The largest absolute Gasteiger partial charge is 0.466 e. The molecule has 2 aromatic rings. The lowest BCUT2D eigenvalue weighted by Gasteiger charge is -2.12. The number of imidazole rings is 1. The summed E-state index contributed by atoms with van der Waals surface area (Å²) in [6.07, 6.45) is 3.65. The number of furan rings is 1. The highest BCUT2D eigenvalue weighted by molar-refractivity contribution is 5.37. The smallest absolute Gasteiger partial charge is 0.130 e. The molecule has 0 radical (unpaired) electrons. The monoisotopic (exact) mass is 219 g/mol. The molecule has 0 aliphatic carbocycles. The molecule has 0 saturated heterocycles. The van der Waals surface area contributed by atoms with Crippen molar-refractivity contribution in [1.29, 1.82) is 0 Å². The molecule has 16 heavy (non-hydrogen) atoms. The molecule has 4 heteroatoms. The Labute approximate surface area is 95.1 Å². The molecule has 0 amide bonds. The van der Waals surface area contributed by atoms with Crippen LogP contribution in [0.15, 0.2) is 16.8 Å². The number of hydrogen-bond acceptors (Lipinski definition) is 3. The van der Waals surface area contributed by atoms with Gasteiger partial charge in [-0.2, -0.15) is 0 Å². The third kappa shape index (κ3) is 1.55. The molecular formula is C12H17N3O. The Hall–Kier alpha value is -1.55.